The minimum absolute atomic E-state index is 0.425. The van der Waals surface area contributed by atoms with Crippen LogP contribution in [-0.4, -0.2) is 31.1 Å². The van der Waals surface area contributed by atoms with E-state index >= 15 is 0 Å². The lowest BCUT2D eigenvalue weighted by molar-refractivity contribution is 0.315. The van der Waals surface area contributed by atoms with Crippen LogP contribution in [0.4, 0.5) is 0 Å². The topological polar surface area (TPSA) is 46.8 Å². The number of hydrogen-bond acceptors (Lipinski definition) is 5. The van der Waals surface area contributed by atoms with Crippen molar-refractivity contribution in [2.24, 2.45) is 0 Å². The fraction of sp³-hybridized carbons (Fsp3) is 0.375. The molecule has 2 aliphatic rings. The molecular formula is C24H24ClN5S. The summed E-state index contributed by atoms with van der Waals surface area (Å²) in [7, 11) is 2.12. The molecule has 7 heteroatoms. The summed E-state index contributed by atoms with van der Waals surface area (Å²) in [6.45, 7) is 1.65. The van der Waals surface area contributed by atoms with Crippen molar-refractivity contribution in [2.75, 3.05) is 7.05 Å². The molecule has 4 aromatic rings. The lowest BCUT2D eigenvalue weighted by Crippen LogP contribution is -2.17. The van der Waals surface area contributed by atoms with Crippen molar-refractivity contribution >= 4 is 33.2 Å². The third-order valence-electron chi connectivity index (χ3n) is 6.77. The zero-order chi connectivity index (χ0) is 20.9. The Hall–Kier alpha value is -2.28. The Morgan fingerprint density at radius 3 is 2.65 bits per heavy atom. The molecule has 5 nitrogen and oxygen atoms in total. The smallest absolute Gasteiger partial charge is 0.151 e. The number of rotatable bonds is 2. The van der Waals surface area contributed by atoms with Gasteiger partial charge in [0, 0.05) is 28.8 Å². The van der Waals surface area contributed by atoms with Crippen LogP contribution < -0.4 is 0 Å². The van der Waals surface area contributed by atoms with Crippen molar-refractivity contribution in [2.45, 2.75) is 50.6 Å². The van der Waals surface area contributed by atoms with Crippen LogP contribution >= 0.6 is 23.1 Å². The summed E-state index contributed by atoms with van der Waals surface area (Å²) in [5, 5.41) is 11.4. The Morgan fingerprint density at radius 2 is 1.77 bits per heavy atom. The van der Waals surface area contributed by atoms with Crippen molar-refractivity contribution in [3.8, 4) is 5.69 Å². The standard InChI is InChI=1S/C24H24ClN5S/c1-29-13-17-12-18(25)10-11-20(17)30-22(14-29)26-27-24(30)16-8-6-15(7-9-16)23-19-4-2-3-5-21(19)31-28-23/h2-5,10-12,15-16H,6-9,13-14H2,1H3/t15-,16-. The predicted molar refractivity (Wildman–Crippen MR) is 125 cm³/mol. The van der Waals surface area contributed by atoms with Crippen LogP contribution in [-0.2, 0) is 13.1 Å². The zero-order valence-electron chi connectivity index (χ0n) is 17.5. The maximum atomic E-state index is 6.31. The molecule has 2 aromatic carbocycles. The molecule has 31 heavy (non-hydrogen) atoms. The van der Waals surface area contributed by atoms with Crippen molar-refractivity contribution in [1.82, 2.24) is 24.0 Å². The van der Waals surface area contributed by atoms with Gasteiger partial charge in [0.05, 0.1) is 22.6 Å². The summed E-state index contributed by atoms with van der Waals surface area (Å²) in [6.07, 6.45) is 4.53. The molecule has 3 heterocycles. The quantitative estimate of drug-likeness (QED) is 0.381. The number of nitrogens with zero attached hydrogens (tertiary/aromatic N) is 5. The van der Waals surface area contributed by atoms with E-state index in [-0.39, 0.29) is 0 Å². The molecule has 0 saturated heterocycles. The molecule has 0 radical (unpaired) electrons. The van der Waals surface area contributed by atoms with Crippen LogP contribution in [0.2, 0.25) is 5.02 Å². The summed E-state index contributed by atoms with van der Waals surface area (Å²) in [4.78, 5) is 2.27. The van der Waals surface area contributed by atoms with Crippen LogP contribution in [0.15, 0.2) is 42.5 Å². The first kappa shape index (κ1) is 19.4. The van der Waals surface area contributed by atoms with E-state index in [1.807, 2.05) is 6.07 Å². The molecule has 1 fully saturated rings. The Morgan fingerprint density at radius 1 is 0.968 bits per heavy atom. The fourth-order valence-corrected chi connectivity index (χ4v) is 6.32. The van der Waals surface area contributed by atoms with Crippen LogP contribution in [0.5, 0.6) is 0 Å². The summed E-state index contributed by atoms with van der Waals surface area (Å²) < 4.78 is 8.42. The third kappa shape index (κ3) is 3.37. The highest BCUT2D eigenvalue weighted by Crippen LogP contribution is 2.43. The van der Waals surface area contributed by atoms with E-state index in [9.17, 15) is 0 Å². The van der Waals surface area contributed by atoms with Gasteiger partial charge < -0.3 is 0 Å². The largest absolute Gasteiger partial charge is 0.295 e. The number of aromatic nitrogens is 4. The van der Waals surface area contributed by atoms with Crippen LogP contribution in [0, 0.1) is 0 Å². The van der Waals surface area contributed by atoms with E-state index in [1.54, 1.807) is 11.5 Å². The SMILES string of the molecule is CN1Cc2cc(Cl)ccc2-n2c(nnc2[C@H]2CC[C@H](c3nsc4ccccc43)CC2)C1. The van der Waals surface area contributed by atoms with Crippen molar-refractivity contribution in [1.29, 1.82) is 0 Å². The van der Waals surface area contributed by atoms with Gasteiger partial charge in [0.2, 0.25) is 0 Å². The normalized spacial score (nSPS) is 21.6. The van der Waals surface area contributed by atoms with Gasteiger partial charge in [-0.2, -0.15) is 4.37 Å². The molecule has 0 bridgehead atoms. The number of fused-ring (bicyclic) bond motifs is 4. The van der Waals surface area contributed by atoms with Gasteiger partial charge in [-0.15, -0.1) is 10.2 Å². The summed E-state index contributed by atoms with van der Waals surface area (Å²) >= 11 is 7.94. The molecule has 158 valence electrons. The number of hydrogen-bond donors (Lipinski definition) is 0. The Labute approximate surface area is 190 Å². The first-order chi connectivity index (χ1) is 15.2. The summed E-state index contributed by atoms with van der Waals surface area (Å²) in [5.41, 5.74) is 3.70. The first-order valence-electron chi connectivity index (χ1n) is 10.9. The van der Waals surface area contributed by atoms with Crippen LogP contribution in [0.3, 0.4) is 0 Å². The van der Waals surface area contributed by atoms with Gasteiger partial charge in [0.25, 0.3) is 0 Å². The van der Waals surface area contributed by atoms with E-state index in [4.69, 9.17) is 21.1 Å². The van der Waals surface area contributed by atoms with Gasteiger partial charge in [-0.3, -0.25) is 9.47 Å². The summed E-state index contributed by atoms with van der Waals surface area (Å²) in [5.74, 6) is 3.09. The Bertz CT molecular complexity index is 1250. The molecule has 1 aliphatic carbocycles. The van der Waals surface area contributed by atoms with E-state index < -0.39 is 0 Å². The van der Waals surface area contributed by atoms with Gasteiger partial charge >= 0.3 is 0 Å². The maximum Gasteiger partial charge on any atom is 0.151 e. The van der Waals surface area contributed by atoms with E-state index in [1.165, 1.54) is 27.0 Å². The van der Waals surface area contributed by atoms with Gasteiger partial charge in [-0.25, -0.2) is 0 Å². The molecule has 0 N–H and O–H groups in total. The molecule has 0 spiro atoms. The maximum absolute atomic E-state index is 6.31. The molecule has 1 saturated carbocycles. The number of benzene rings is 2. The minimum atomic E-state index is 0.425. The minimum Gasteiger partial charge on any atom is -0.295 e. The molecular weight excluding hydrogens is 426 g/mol. The Kier molecular flexibility index (Phi) is 4.82. The highest BCUT2D eigenvalue weighted by Gasteiger charge is 2.31. The monoisotopic (exact) mass is 449 g/mol. The molecule has 6 rings (SSSR count). The van der Waals surface area contributed by atoms with Crippen molar-refractivity contribution < 1.29 is 0 Å². The van der Waals surface area contributed by atoms with E-state index in [0.717, 1.165) is 55.4 Å². The highest BCUT2D eigenvalue weighted by molar-refractivity contribution is 7.13. The third-order valence-corrected chi connectivity index (χ3v) is 7.85. The van der Waals surface area contributed by atoms with E-state index in [0.29, 0.717) is 11.8 Å². The average Bonchev–Trinajstić information content (AvgIpc) is 3.35. The van der Waals surface area contributed by atoms with E-state index in [2.05, 4.69) is 58.0 Å². The number of halogens is 1. The predicted octanol–water partition coefficient (Wildman–Crippen LogP) is 5.92. The van der Waals surface area contributed by atoms with Gasteiger partial charge in [0.15, 0.2) is 5.82 Å². The first-order valence-corrected chi connectivity index (χ1v) is 12.1. The van der Waals surface area contributed by atoms with Gasteiger partial charge in [0.1, 0.15) is 5.82 Å². The van der Waals surface area contributed by atoms with Crippen LogP contribution in [0.25, 0.3) is 15.8 Å². The molecule has 0 atom stereocenters. The van der Waals surface area contributed by atoms with Crippen molar-refractivity contribution in [3.63, 3.8) is 0 Å². The lowest BCUT2D eigenvalue weighted by atomic mass is 9.79. The van der Waals surface area contributed by atoms with Gasteiger partial charge in [-0.1, -0.05) is 29.8 Å². The zero-order valence-corrected chi connectivity index (χ0v) is 19.0. The van der Waals surface area contributed by atoms with Crippen LogP contribution in [0.1, 0.15) is 60.4 Å². The molecule has 2 aromatic heterocycles. The van der Waals surface area contributed by atoms with Gasteiger partial charge in [-0.05, 0) is 74.1 Å². The second-order valence-electron chi connectivity index (χ2n) is 8.87. The molecule has 1 aliphatic heterocycles. The fourth-order valence-electron chi connectivity index (χ4n) is 5.27. The molecule has 0 amide bonds. The highest BCUT2D eigenvalue weighted by atomic mass is 35.5. The Balaban J connectivity index is 1.30. The second kappa shape index (κ2) is 7.69. The summed E-state index contributed by atoms with van der Waals surface area (Å²) in [6, 6.07) is 14.8. The lowest BCUT2D eigenvalue weighted by Gasteiger charge is -2.28. The second-order valence-corrected chi connectivity index (χ2v) is 10.1. The molecule has 0 unspecified atom stereocenters. The van der Waals surface area contributed by atoms with Crippen molar-refractivity contribution in [3.05, 3.63) is 70.4 Å². The average molecular weight is 450 g/mol.